The molecular weight excluding hydrogens is 294 g/mol. The number of nitrogens with zero attached hydrogens (tertiary/aromatic N) is 3. The monoisotopic (exact) mass is 309 g/mol. The number of hydrogen-bond acceptors (Lipinski definition) is 6. The standard InChI is InChI=1S/C13H15N3O6/c1-7-3-9(15(19)20)12(10(4-7)16(21)22)14-6-8(2)5-11(14)13(17)18/h3-4,8,11H,5-6H2,1-2H3,(H,17,18)/t8-,11-/m1/s1. The number of rotatable bonds is 4. The Morgan fingerprint density at radius 2 is 1.77 bits per heavy atom. The van der Waals surface area contributed by atoms with Gasteiger partial charge in [0, 0.05) is 18.7 Å². The summed E-state index contributed by atoms with van der Waals surface area (Å²) in [4.78, 5) is 33.8. The summed E-state index contributed by atoms with van der Waals surface area (Å²) in [6.07, 6.45) is 0.289. The summed E-state index contributed by atoms with van der Waals surface area (Å²) >= 11 is 0. The third-order valence-corrected chi connectivity index (χ3v) is 3.69. The smallest absolute Gasteiger partial charge is 0.326 e. The molecule has 2 rings (SSSR count). The van der Waals surface area contributed by atoms with E-state index in [4.69, 9.17) is 0 Å². The largest absolute Gasteiger partial charge is 0.480 e. The topological polar surface area (TPSA) is 127 Å². The number of hydrogen-bond donors (Lipinski definition) is 1. The van der Waals surface area contributed by atoms with Crippen molar-refractivity contribution in [3.63, 3.8) is 0 Å². The molecule has 22 heavy (non-hydrogen) atoms. The minimum atomic E-state index is -1.14. The number of nitro benzene ring substituents is 2. The van der Waals surface area contributed by atoms with E-state index >= 15 is 0 Å². The van der Waals surface area contributed by atoms with Gasteiger partial charge >= 0.3 is 5.97 Å². The Hall–Kier alpha value is -2.71. The van der Waals surface area contributed by atoms with Gasteiger partial charge in [0.2, 0.25) is 0 Å². The highest BCUT2D eigenvalue weighted by Gasteiger charge is 2.41. The number of aryl methyl sites for hydroxylation is 1. The van der Waals surface area contributed by atoms with Gasteiger partial charge in [-0.2, -0.15) is 0 Å². The highest BCUT2D eigenvalue weighted by atomic mass is 16.6. The van der Waals surface area contributed by atoms with Crippen LogP contribution < -0.4 is 4.90 Å². The molecule has 1 aliphatic heterocycles. The fourth-order valence-electron chi connectivity index (χ4n) is 2.84. The van der Waals surface area contributed by atoms with Gasteiger partial charge in [-0.15, -0.1) is 0 Å². The molecule has 0 aromatic heterocycles. The fourth-order valence-corrected chi connectivity index (χ4v) is 2.84. The molecule has 2 atom stereocenters. The first-order valence-corrected chi connectivity index (χ1v) is 6.65. The van der Waals surface area contributed by atoms with Gasteiger partial charge in [0.25, 0.3) is 11.4 Å². The molecule has 1 saturated heterocycles. The van der Waals surface area contributed by atoms with E-state index < -0.39 is 33.2 Å². The van der Waals surface area contributed by atoms with Gasteiger partial charge in [-0.25, -0.2) is 4.79 Å². The minimum absolute atomic E-state index is 0.0263. The molecule has 1 N–H and O–H groups in total. The molecule has 1 heterocycles. The van der Waals surface area contributed by atoms with Crippen molar-refractivity contribution in [3.8, 4) is 0 Å². The van der Waals surface area contributed by atoms with Crippen molar-refractivity contribution >= 4 is 23.0 Å². The van der Waals surface area contributed by atoms with E-state index in [1.54, 1.807) is 0 Å². The number of nitro groups is 2. The molecule has 0 amide bonds. The normalized spacial score (nSPS) is 20.9. The maximum Gasteiger partial charge on any atom is 0.326 e. The Bertz CT molecular complexity index is 624. The van der Waals surface area contributed by atoms with Gasteiger partial charge in [0.05, 0.1) is 9.85 Å². The van der Waals surface area contributed by atoms with Crippen LogP contribution in [0.15, 0.2) is 12.1 Å². The minimum Gasteiger partial charge on any atom is -0.480 e. The molecule has 1 fully saturated rings. The predicted molar refractivity (Wildman–Crippen MR) is 77.0 cm³/mol. The lowest BCUT2D eigenvalue weighted by atomic mass is 10.1. The SMILES string of the molecule is Cc1cc([N+](=O)[O-])c(N2C[C@H](C)C[C@@H]2C(=O)O)c([N+](=O)[O-])c1. The summed E-state index contributed by atoms with van der Waals surface area (Å²) < 4.78 is 0. The van der Waals surface area contributed by atoms with Crippen molar-refractivity contribution in [2.24, 2.45) is 5.92 Å². The predicted octanol–water partition coefficient (Wildman–Crippen LogP) is 2.11. The summed E-state index contributed by atoms with van der Waals surface area (Å²) in [5.74, 6) is -1.17. The first-order valence-electron chi connectivity index (χ1n) is 6.65. The van der Waals surface area contributed by atoms with Crippen LogP contribution in [0.1, 0.15) is 18.9 Å². The highest BCUT2D eigenvalue weighted by molar-refractivity contribution is 5.85. The lowest BCUT2D eigenvalue weighted by Gasteiger charge is -2.23. The molecule has 0 spiro atoms. The molecular formula is C13H15N3O6. The number of benzene rings is 1. The van der Waals surface area contributed by atoms with Gasteiger partial charge in [-0.05, 0) is 24.8 Å². The Morgan fingerprint density at radius 1 is 1.27 bits per heavy atom. The summed E-state index contributed by atoms with van der Waals surface area (Å²) in [7, 11) is 0. The Labute approximate surface area is 125 Å². The van der Waals surface area contributed by atoms with Gasteiger partial charge in [0.1, 0.15) is 6.04 Å². The number of carbonyl (C=O) groups is 1. The van der Waals surface area contributed by atoms with E-state index in [0.29, 0.717) is 5.56 Å². The molecule has 1 aromatic carbocycles. The van der Waals surface area contributed by atoms with Crippen LogP contribution in [0.4, 0.5) is 17.1 Å². The summed E-state index contributed by atoms with van der Waals surface area (Å²) in [5, 5.41) is 31.8. The summed E-state index contributed by atoms with van der Waals surface area (Å²) in [6, 6.07) is 1.45. The zero-order valence-electron chi connectivity index (χ0n) is 12.1. The van der Waals surface area contributed by atoms with Crippen LogP contribution in [0.2, 0.25) is 0 Å². The average Bonchev–Trinajstić information content (AvgIpc) is 2.79. The van der Waals surface area contributed by atoms with Crippen LogP contribution in [-0.4, -0.2) is 33.5 Å². The first-order chi connectivity index (χ1) is 10.2. The molecule has 0 unspecified atom stereocenters. The number of anilines is 1. The second-order valence-corrected chi connectivity index (χ2v) is 5.51. The molecule has 0 bridgehead atoms. The molecule has 118 valence electrons. The van der Waals surface area contributed by atoms with Crippen molar-refractivity contribution in [2.45, 2.75) is 26.3 Å². The van der Waals surface area contributed by atoms with E-state index in [1.165, 1.54) is 24.0 Å². The number of aliphatic carboxylic acids is 1. The van der Waals surface area contributed by atoms with Gasteiger partial charge in [-0.1, -0.05) is 6.92 Å². The Kier molecular flexibility index (Phi) is 3.98. The third-order valence-electron chi connectivity index (χ3n) is 3.69. The highest BCUT2D eigenvalue weighted by Crippen LogP contribution is 2.42. The first kappa shape index (κ1) is 15.7. The average molecular weight is 309 g/mol. The van der Waals surface area contributed by atoms with E-state index in [1.807, 2.05) is 6.92 Å². The van der Waals surface area contributed by atoms with Crippen molar-refractivity contribution < 1.29 is 19.7 Å². The molecule has 1 aliphatic rings. The van der Waals surface area contributed by atoms with Gasteiger partial charge in [0.15, 0.2) is 5.69 Å². The van der Waals surface area contributed by atoms with Crippen molar-refractivity contribution in [1.29, 1.82) is 0 Å². The maximum absolute atomic E-state index is 11.4. The molecule has 9 heteroatoms. The summed E-state index contributed by atoms with van der Waals surface area (Å²) in [5.41, 5.74) is -0.724. The third kappa shape index (κ3) is 2.69. The quantitative estimate of drug-likeness (QED) is 0.666. The Morgan fingerprint density at radius 3 is 2.18 bits per heavy atom. The van der Waals surface area contributed by atoms with Crippen LogP contribution in [0, 0.1) is 33.1 Å². The lowest BCUT2D eigenvalue weighted by molar-refractivity contribution is -0.392. The van der Waals surface area contributed by atoms with Gasteiger partial charge < -0.3 is 10.0 Å². The second-order valence-electron chi connectivity index (χ2n) is 5.51. The van der Waals surface area contributed by atoms with Crippen molar-refractivity contribution in [1.82, 2.24) is 0 Å². The van der Waals surface area contributed by atoms with E-state index in [0.717, 1.165) is 0 Å². The fraction of sp³-hybridized carbons (Fsp3) is 0.462. The number of carboxylic acids is 1. The molecule has 9 nitrogen and oxygen atoms in total. The van der Waals surface area contributed by atoms with Crippen LogP contribution in [-0.2, 0) is 4.79 Å². The lowest BCUT2D eigenvalue weighted by Crippen LogP contribution is -2.36. The zero-order valence-corrected chi connectivity index (χ0v) is 12.1. The van der Waals surface area contributed by atoms with Crippen LogP contribution >= 0.6 is 0 Å². The zero-order chi connectivity index (χ0) is 16.6. The molecule has 0 saturated carbocycles. The second kappa shape index (κ2) is 5.58. The van der Waals surface area contributed by atoms with Crippen molar-refractivity contribution in [3.05, 3.63) is 37.9 Å². The van der Waals surface area contributed by atoms with Gasteiger partial charge in [-0.3, -0.25) is 20.2 Å². The van der Waals surface area contributed by atoms with Crippen LogP contribution in [0.5, 0.6) is 0 Å². The summed E-state index contributed by atoms with van der Waals surface area (Å²) in [6.45, 7) is 3.55. The number of carboxylic acid groups (broad SMARTS) is 1. The van der Waals surface area contributed by atoms with Crippen molar-refractivity contribution in [2.75, 3.05) is 11.4 Å². The Balaban J connectivity index is 2.69. The molecule has 0 aliphatic carbocycles. The van der Waals surface area contributed by atoms with E-state index in [2.05, 4.69) is 0 Å². The molecule has 0 radical (unpaired) electrons. The van der Waals surface area contributed by atoms with Crippen LogP contribution in [0.25, 0.3) is 0 Å². The maximum atomic E-state index is 11.4. The van der Waals surface area contributed by atoms with E-state index in [9.17, 15) is 30.1 Å². The van der Waals surface area contributed by atoms with E-state index in [-0.39, 0.29) is 24.6 Å². The van der Waals surface area contributed by atoms with Crippen LogP contribution in [0.3, 0.4) is 0 Å². The molecule has 1 aromatic rings.